The van der Waals surface area contributed by atoms with Crippen LogP contribution in [0.15, 0.2) is 60.0 Å². The quantitative estimate of drug-likeness (QED) is 0.733. The van der Waals surface area contributed by atoms with Crippen LogP contribution < -0.4 is 10.6 Å². The Morgan fingerprint density at radius 1 is 0.957 bits per heavy atom. The summed E-state index contributed by atoms with van der Waals surface area (Å²) < 4.78 is 14.0. The summed E-state index contributed by atoms with van der Waals surface area (Å²) in [5, 5.41) is 8.78. The van der Waals surface area contributed by atoms with Crippen molar-refractivity contribution in [2.45, 2.75) is 6.17 Å². The molecule has 2 N–H and O–H groups in total. The van der Waals surface area contributed by atoms with Crippen LogP contribution in [0.1, 0.15) is 22.1 Å². The lowest BCUT2D eigenvalue weighted by atomic mass is 10.0. The summed E-state index contributed by atoms with van der Waals surface area (Å²) in [6, 6.07) is 16.2. The maximum Gasteiger partial charge on any atom is 0.256 e. The molecule has 5 heteroatoms. The van der Waals surface area contributed by atoms with Gasteiger partial charge >= 0.3 is 0 Å². The molecule has 4 rings (SSSR count). The van der Waals surface area contributed by atoms with Gasteiger partial charge in [0.2, 0.25) is 0 Å². The molecule has 0 saturated carbocycles. The summed E-state index contributed by atoms with van der Waals surface area (Å²) in [6.45, 7) is 0. The molecule has 0 saturated heterocycles. The first-order valence-electron chi connectivity index (χ1n) is 7.23. The third-order valence-corrected chi connectivity index (χ3v) is 4.78. The van der Waals surface area contributed by atoms with Crippen LogP contribution in [-0.4, -0.2) is 5.91 Å². The van der Waals surface area contributed by atoms with Crippen molar-refractivity contribution in [2.75, 3.05) is 5.32 Å². The lowest BCUT2D eigenvalue weighted by molar-refractivity contribution is 0.0936. The number of amides is 1. The Kier molecular flexibility index (Phi) is 3.35. The van der Waals surface area contributed by atoms with Crippen molar-refractivity contribution >= 4 is 22.2 Å². The molecular formula is C18H13FN2OS. The SMILES string of the molecule is O=C1N[C@@H](c2ccccc2F)Nc2scc(-c3ccccc3)c21. The molecule has 0 unspecified atom stereocenters. The summed E-state index contributed by atoms with van der Waals surface area (Å²) in [5.74, 6) is -0.527. The number of hydrogen-bond donors (Lipinski definition) is 2. The predicted octanol–water partition coefficient (Wildman–Crippen LogP) is 4.41. The zero-order valence-electron chi connectivity index (χ0n) is 12.0. The van der Waals surface area contributed by atoms with Crippen LogP contribution in [0.5, 0.6) is 0 Å². The van der Waals surface area contributed by atoms with E-state index in [-0.39, 0.29) is 11.7 Å². The van der Waals surface area contributed by atoms with Crippen molar-refractivity contribution in [3.05, 3.63) is 76.9 Å². The van der Waals surface area contributed by atoms with Gasteiger partial charge in [0.05, 0.1) is 5.56 Å². The summed E-state index contributed by atoms with van der Waals surface area (Å²) >= 11 is 1.46. The maximum absolute atomic E-state index is 14.0. The van der Waals surface area contributed by atoms with E-state index in [1.165, 1.54) is 17.4 Å². The van der Waals surface area contributed by atoms with E-state index in [1.54, 1.807) is 18.2 Å². The Hall–Kier alpha value is -2.66. The minimum Gasteiger partial charge on any atom is -0.353 e. The van der Waals surface area contributed by atoms with Gasteiger partial charge in [-0.15, -0.1) is 11.3 Å². The highest BCUT2D eigenvalue weighted by Gasteiger charge is 2.30. The zero-order valence-corrected chi connectivity index (χ0v) is 12.9. The number of carbonyl (C=O) groups excluding carboxylic acids is 1. The highest BCUT2D eigenvalue weighted by molar-refractivity contribution is 7.15. The largest absolute Gasteiger partial charge is 0.353 e. The number of fused-ring (bicyclic) bond motifs is 1. The molecule has 2 aromatic carbocycles. The number of benzene rings is 2. The molecule has 0 spiro atoms. The minimum absolute atomic E-state index is 0.188. The molecule has 0 radical (unpaired) electrons. The topological polar surface area (TPSA) is 41.1 Å². The van der Waals surface area contributed by atoms with E-state index in [1.807, 2.05) is 35.7 Å². The van der Waals surface area contributed by atoms with Crippen molar-refractivity contribution in [1.29, 1.82) is 0 Å². The van der Waals surface area contributed by atoms with Crippen LogP contribution in [0.2, 0.25) is 0 Å². The van der Waals surface area contributed by atoms with Crippen LogP contribution in [0.4, 0.5) is 9.39 Å². The average molecular weight is 324 g/mol. The van der Waals surface area contributed by atoms with E-state index in [0.29, 0.717) is 11.1 Å². The predicted molar refractivity (Wildman–Crippen MR) is 90.0 cm³/mol. The number of nitrogens with one attached hydrogen (secondary N) is 2. The lowest BCUT2D eigenvalue weighted by Gasteiger charge is -2.26. The third kappa shape index (κ3) is 2.39. The Morgan fingerprint density at radius 3 is 2.48 bits per heavy atom. The molecule has 3 aromatic rings. The second-order valence-electron chi connectivity index (χ2n) is 5.29. The molecule has 3 nitrogen and oxygen atoms in total. The molecule has 114 valence electrons. The van der Waals surface area contributed by atoms with Crippen molar-refractivity contribution < 1.29 is 9.18 Å². The second-order valence-corrected chi connectivity index (χ2v) is 6.17. The Balaban J connectivity index is 1.74. The van der Waals surface area contributed by atoms with Gasteiger partial charge < -0.3 is 10.6 Å². The summed E-state index contributed by atoms with van der Waals surface area (Å²) in [4.78, 5) is 12.6. The van der Waals surface area contributed by atoms with Crippen molar-refractivity contribution in [2.24, 2.45) is 0 Å². The monoisotopic (exact) mass is 324 g/mol. The fraction of sp³-hybridized carbons (Fsp3) is 0.0556. The smallest absolute Gasteiger partial charge is 0.256 e. The van der Waals surface area contributed by atoms with Gasteiger partial charge in [0.1, 0.15) is 17.0 Å². The lowest BCUT2D eigenvalue weighted by Crippen LogP contribution is -2.38. The Morgan fingerprint density at radius 2 is 1.70 bits per heavy atom. The maximum atomic E-state index is 14.0. The number of halogens is 1. The van der Waals surface area contributed by atoms with Crippen molar-refractivity contribution in [3.8, 4) is 11.1 Å². The van der Waals surface area contributed by atoms with E-state index in [0.717, 1.165) is 16.1 Å². The number of thiophene rings is 1. The van der Waals surface area contributed by atoms with Crippen molar-refractivity contribution in [1.82, 2.24) is 5.32 Å². The minimum atomic E-state index is -0.557. The Labute approximate surface area is 136 Å². The summed E-state index contributed by atoms with van der Waals surface area (Å²) in [5.41, 5.74) is 2.93. The molecule has 2 heterocycles. The second kappa shape index (κ2) is 5.52. The molecule has 0 aliphatic carbocycles. The van der Waals surface area contributed by atoms with Crippen LogP contribution in [0.25, 0.3) is 11.1 Å². The molecule has 1 aromatic heterocycles. The van der Waals surface area contributed by atoms with Gasteiger partial charge in [0.25, 0.3) is 5.91 Å². The van der Waals surface area contributed by atoms with Crippen molar-refractivity contribution in [3.63, 3.8) is 0 Å². The van der Waals surface area contributed by atoms with E-state index in [9.17, 15) is 9.18 Å². The first-order valence-corrected chi connectivity index (χ1v) is 8.11. The molecule has 0 bridgehead atoms. The molecule has 0 fully saturated rings. The van der Waals surface area contributed by atoms with E-state index >= 15 is 0 Å². The van der Waals surface area contributed by atoms with Crippen LogP contribution in [0, 0.1) is 5.82 Å². The third-order valence-electron chi connectivity index (χ3n) is 3.87. The van der Waals surface area contributed by atoms with Crippen LogP contribution in [-0.2, 0) is 0 Å². The normalized spacial score (nSPS) is 16.4. The molecule has 1 amide bonds. The fourth-order valence-electron chi connectivity index (χ4n) is 2.75. The van der Waals surface area contributed by atoms with Gasteiger partial charge in [0, 0.05) is 16.5 Å². The fourth-order valence-corrected chi connectivity index (χ4v) is 3.75. The molecule has 23 heavy (non-hydrogen) atoms. The highest BCUT2D eigenvalue weighted by Crippen LogP contribution is 2.39. The van der Waals surface area contributed by atoms with Gasteiger partial charge in [-0.1, -0.05) is 48.5 Å². The number of anilines is 1. The van der Waals surface area contributed by atoms with Gasteiger partial charge in [-0.05, 0) is 11.6 Å². The van der Waals surface area contributed by atoms with Gasteiger partial charge in [-0.2, -0.15) is 0 Å². The Bertz CT molecular complexity index is 876. The molecular weight excluding hydrogens is 311 g/mol. The zero-order chi connectivity index (χ0) is 15.8. The van der Waals surface area contributed by atoms with Gasteiger partial charge in [-0.3, -0.25) is 4.79 Å². The van der Waals surface area contributed by atoms with Crippen LogP contribution in [0.3, 0.4) is 0 Å². The number of carbonyl (C=O) groups is 1. The first kappa shape index (κ1) is 14.0. The van der Waals surface area contributed by atoms with E-state index < -0.39 is 6.17 Å². The van der Waals surface area contributed by atoms with E-state index in [2.05, 4.69) is 10.6 Å². The average Bonchev–Trinajstić information content (AvgIpc) is 3.00. The highest BCUT2D eigenvalue weighted by atomic mass is 32.1. The van der Waals surface area contributed by atoms with Crippen LogP contribution >= 0.6 is 11.3 Å². The van der Waals surface area contributed by atoms with Gasteiger partial charge in [-0.25, -0.2) is 4.39 Å². The van der Waals surface area contributed by atoms with Gasteiger partial charge in [0.15, 0.2) is 0 Å². The number of rotatable bonds is 2. The molecule has 1 aliphatic rings. The first-order chi connectivity index (χ1) is 11.2. The molecule has 1 atom stereocenters. The van der Waals surface area contributed by atoms with E-state index in [4.69, 9.17) is 0 Å². The standard InChI is InChI=1S/C18H13FN2OS/c19-14-9-5-4-8-12(14)16-20-17(22)15-13(10-23-18(15)21-16)11-6-2-1-3-7-11/h1-10,16,21H,(H,20,22)/t16-/m1/s1. The summed E-state index contributed by atoms with van der Waals surface area (Å²) in [6.07, 6.45) is -0.557. The molecule has 1 aliphatic heterocycles. The number of hydrogen-bond acceptors (Lipinski definition) is 3. The summed E-state index contributed by atoms with van der Waals surface area (Å²) in [7, 11) is 0.